The molecule has 1 amide bonds. The first-order chi connectivity index (χ1) is 12.3. The molecule has 0 spiro atoms. The van der Waals surface area contributed by atoms with Gasteiger partial charge in [-0.05, 0) is 29.6 Å². The number of amides is 1. The number of thiophene rings is 1. The molecule has 2 aromatic rings. The number of methoxy groups -OCH3 is 1. The van der Waals surface area contributed by atoms with Crippen molar-refractivity contribution in [1.29, 1.82) is 0 Å². The van der Waals surface area contributed by atoms with Crippen LogP contribution in [0.2, 0.25) is 0 Å². The summed E-state index contributed by atoms with van der Waals surface area (Å²) in [6.07, 6.45) is -0.0154. The predicted octanol–water partition coefficient (Wildman–Crippen LogP) is 2.03. The maximum Gasteiger partial charge on any atom is 0.307 e. The van der Waals surface area contributed by atoms with Gasteiger partial charge in [-0.25, -0.2) is 12.7 Å². The van der Waals surface area contributed by atoms with Gasteiger partial charge < -0.3 is 10.1 Å². The number of nitrogens with one attached hydrogen (secondary N) is 1. The minimum atomic E-state index is -3.65. The molecule has 2 rings (SSSR count). The number of hydrogen-bond donors (Lipinski definition) is 1. The summed E-state index contributed by atoms with van der Waals surface area (Å²) in [7, 11) is 0.480. The number of nitrogens with zero attached hydrogens (tertiary/aromatic N) is 1. The molecule has 0 fully saturated rings. The van der Waals surface area contributed by atoms with Gasteiger partial charge in [0.05, 0.1) is 24.5 Å². The van der Waals surface area contributed by atoms with Crippen LogP contribution in [0, 0.1) is 0 Å². The molecule has 1 atom stereocenters. The van der Waals surface area contributed by atoms with Gasteiger partial charge in [-0.1, -0.05) is 12.1 Å². The maximum atomic E-state index is 12.6. The summed E-state index contributed by atoms with van der Waals surface area (Å²) < 4.78 is 30.2. The highest BCUT2D eigenvalue weighted by atomic mass is 32.2. The van der Waals surface area contributed by atoms with Crippen molar-refractivity contribution in [3.63, 3.8) is 0 Å². The van der Waals surface area contributed by atoms with E-state index in [9.17, 15) is 18.0 Å². The van der Waals surface area contributed by atoms with Crippen LogP contribution in [0.15, 0.2) is 46.7 Å². The minimum absolute atomic E-state index is 0.0154. The van der Waals surface area contributed by atoms with Gasteiger partial charge in [-0.15, -0.1) is 11.3 Å². The lowest BCUT2D eigenvalue weighted by molar-refractivity contribution is -0.141. The Bertz CT molecular complexity index is 876. The van der Waals surface area contributed by atoms with Gasteiger partial charge in [0.1, 0.15) is 0 Å². The Morgan fingerprint density at radius 3 is 2.54 bits per heavy atom. The predicted molar refractivity (Wildman–Crippen MR) is 98.5 cm³/mol. The molecule has 1 N–H and O–H groups in total. The second kappa shape index (κ2) is 8.43. The summed E-state index contributed by atoms with van der Waals surface area (Å²) in [5, 5.41) is 4.61. The molecule has 0 radical (unpaired) electrons. The Morgan fingerprint density at radius 1 is 1.23 bits per heavy atom. The van der Waals surface area contributed by atoms with E-state index in [1.54, 1.807) is 0 Å². The number of benzene rings is 1. The number of carbonyl (C=O) groups is 2. The Balaban J connectivity index is 2.26. The lowest BCUT2D eigenvalue weighted by atomic mass is 10.1. The third kappa shape index (κ3) is 4.69. The van der Waals surface area contributed by atoms with Crippen LogP contribution in [0.3, 0.4) is 0 Å². The lowest BCUT2D eigenvalue weighted by Crippen LogP contribution is -2.30. The van der Waals surface area contributed by atoms with Crippen LogP contribution in [0.4, 0.5) is 0 Å². The maximum absolute atomic E-state index is 12.6. The SMILES string of the molecule is COC(=O)CC(NC(=O)c1cccc(S(=O)(=O)N(C)C)c1)c1cccs1. The Labute approximate surface area is 156 Å². The molecule has 1 aromatic carbocycles. The van der Waals surface area contributed by atoms with Crippen molar-refractivity contribution in [3.05, 3.63) is 52.2 Å². The van der Waals surface area contributed by atoms with E-state index in [-0.39, 0.29) is 16.9 Å². The van der Waals surface area contributed by atoms with Crippen molar-refractivity contribution in [2.75, 3.05) is 21.2 Å². The van der Waals surface area contributed by atoms with Crippen LogP contribution in [0.25, 0.3) is 0 Å². The van der Waals surface area contributed by atoms with Crippen molar-refractivity contribution in [2.24, 2.45) is 0 Å². The number of esters is 1. The molecule has 0 aliphatic carbocycles. The summed E-state index contributed by atoms with van der Waals surface area (Å²) in [6, 6.07) is 8.85. The third-order valence-corrected chi connectivity index (χ3v) is 6.46. The van der Waals surface area contributed by atoms with Crippen LogP contribution in [0.5, 0.6) is 0 Å². The van der Waals surface area contributed by atoms with E-state index < -0.39 is 27.9 Å². The molecule has 0 aliphatic rings. The van der Waals surface area contributed by atoms with Gasteiger partial charge in [0.25, 0.3) is 5.91 Å². The zero-order valence-corrected chi connectivity index (χ0v) is 16.3. The van der Waals surface area contributed by atoms with Gasteiger partial charge in [0.15, 0.2) is 0 Å². The highest BCUT2D eigenvalue weighted by Crippen LogP contribution is 2.23. The average molecular weight is 396 g/mol. The van der Waals surface area contributed by atoms with Gasteiger partial charge in [-0.2, -0.15) is 0 Å². The van der Waals surface area contributed by atoms with Crippen molar-refractivity contribution in [2.45, 2.75) is 17.4 Å². The zero-order chi connectivity index (χ0) is 19.3. The third-order valence-electron chi connectivity index (χ3n) is 3.67. The minimum Gasteiger partial charge on any atom is -0.469 e. The van der Waals surface area contributed by atoms with E-state index >= 15 is 0 Å². The first-order valence-corrected chi connectivity index (χ1v) is 10.0. The van der Waals surface area contributed by atoms with Gasteiger partial charge in [0, 0.05) is 24.5 Å². The lowest BCUT2D eigenvalue weighted by Gasteiger charge is -2.17. The fourth-order valence-electron chi connectivity index (χ4n) is 2.21. The Kier molecular flexibility index (Phi) is 6.52. The van der Waals surface area contributed by atoms with Crippen LogP contribution >= 0.6 is 11.3 Å². The fourth-order valence-corrected chi connectivity index (χ4v) is 3.94. The van der Waals surface area contributed by atoms with E-state index in [0.717, 1.165) is 9.18 Å². The van der Waals surface area contributed by atoms with E-state index in [2.05, 4.69) is 10.1 Å². The molecule has 26 heavy (non-hydrogen) atoms. The monoisotopic (exact) mass is 396 g/mol. The summed E-state index contributed by atoms with van der Waals surface area (Å²) in [5.74, 6) is -0.921. The van der Waals surface area contributed by atoms with Crippen molar-refractivity contribution in [3.8, 4) is 0 Å². The van der Waals surface area contributed by atoms with E-state index in [0.29, 0.717) is 0 Å². The van der Waals surface area contributed by atoms with Crippen LogP contribution < -0.4 is 5.32 Å². The molecule has 1 unspecified atom stereocenters. The van der Waals surface area contributed by atoms with Gasteiger partial charge in [0.2, 0.25) is 10.0 Å². The average Bonchev–Trinajstić information content (AvgIpc) is 3.15. The Morgan fingerprint density at radius 2 is 1.96 bits per heavy atom. The normalized spacial score (nSPS) is 12.6. The van der Waals surface area contributed by atoms with E-state index in [4.69, 9.17) is 0 Å². The number of rotatable bonds is 7. The quantitative estimate of drug-likeness (QED) is 0.723. The molecule has 1 heterocycles. The molecular weight excluding hydrogens is 376 g/mol. The molecule has 0 saturated carbocycles. The number of carbonyl (C=O) groups excluding carboxylic acids is 2. The smallest absolute Gasteiger partial charge is 0.307 e. The second-order valence-corrected chi connectivity index (χ2v) is 8.77. The van der Waals surface area contributed by atoms with Crippen LogP contribution in [0.1, 0.15) is 27.7 Å². The summed E-state index contributed by atoms with van der Waals surface area (Å²) in [6.45, 7) is 0. The topological polar surface area (TPSA) is 92.8 Å². The first kappa shape index (κ1) is 20.1. The largest absolute Gasteiger partial charge is 0.469 e. The van der Waals surface area contributed by atoms with Gasteiger partial charge >= 0.3 is 5.97 Å². The highest BCUT2D eigenvalue weighted by molar-refractivity contribution is 7.89. The van der Waals surface area contributed by atoms with E-state index in [1.807, 2.05) is 17.5 Å². The molecule has 7 nitrogen and oxygen atoms in total. The standard InChI is InChI=1S/C17H20N2O5S2/c1-19(2)26(22,23)13-7-4-6-12(10-13)17(21)18-14(11-16(20)24-3)15-8-5-9-25-15/h4-10,14H,11H2,1-3H3,(H,18,21). The van der Waals surface area contributed by atoms with Crippen molar-refractivity contribution >= 4 is 33.2 Å². The van der Waals surface area contributed by atoms with Crippen molar-refractivity contribution < 1.29 is 22.7 Å². The summed E-state index contributed by atoms with van der Waals surface area (Å²) >= 11 is 1.41. The molecule has 140 valence electrons. The molecule has 0 aliphatic heterocycles. The Hall–Kier alpha value is -2.23. The highest BCUT2D eigenvalue weighted by Gasteiger charge is 2.22. The molecule has 1 aromatic heterocycles. The molecular formula is C17H20N2O5S2. The van der Waals surface area contributed by atoms with Gasteiger partial charge in [-0.3, -0.25) is 9.59 Å². The first-order valence-electron chi connectivity index (χ1n) is 7.69. The molecule has 9 heteroatoms. The van der Waals surface area contributed by atoms with E-state index in [1.165, 1.54) is 56.8 Å². The molecule has 0 saturated heterocycles. The fraction of sp³-hybridized carbons (Fsp3) is 0.294. The molecule has 0 bridgehead atoms. The van der Waals surface area contributed by atoms with Crippen LogP contribution in [-0.4, -0.2) is 45.8 Å². The number of hydrogen-bond acceptors (Lipinski definition) is 6. The number of sulfonamides is 1. The summed E-state index contributed by atoms with van der Waals surface area (Å²) in [4.78, 5) is 25.1. The second-order valence-electron chi connectivity index (χ2n) is 5.64. The van der Waals surface area contributed by atoms with Crippen molar-refractivity contribution in [1.82, 2.24) is 9.62 Å². The number of ether oxygens (including phenoxy) is 1. The summed E-state index contributed by atoms with van der Waals surface area (Å²) in [5.41, 5.74) is 0.194. The van der Waals surface area contributed by atoms with Crippen LogP contribution in [-0.2, 0) is 19.6 Å². The zero-order valence-electron chi connectivity index (χ0n) is 14.6.